The average Bonchev–Trinajstić information content (AvgIpc) is 2.66. The summed E-state index contributed by atoms with van der Waals surface area (Å²) in [4.78, 5) is 59.1. The number of aliphatic hydroxyl groups excluding tert-OH is 1. The first kappa shape index (κ1) is 27.3. The molecule has 3 amide bonds. The monoisotopic (exact) mass is 432 g/mol. The van der Waals surface area contributed by atoms with E-state index in [0.29, 0.717) is 6.42 Å². The van der Waals surface area contributed by atoms with Gasteiger partial charge < -0.3 is 37.0 Å². The van der Waals surface area contributed by atoms with Crippen LogP contribution in [0, 0.1) is 5.92 Å². The lowest BCUT2D eigenvalue weighted by molar-refractivity contribution is -0.144. The molecule has 0 aromatic carbocycles. The van der Waals surface area contributed by atoms with Gasteiger partial charge in [0, 0.05) is 6.42 Å². The van der Waals surface area contributed by atoms with Crippen LogP contribution in [0.2, 0.25) is 0 Å². The first-order chi connectivity index (χ1) is 13.8. The highest BCUT2D eigenvalue weighted by Crippen LogP contribution is 2.09. The molecular weight excluding hydrogens is 400 g/mol. The minimum absolute atomic E-state index is 0.284. The summed E-state index contributed by atoms with van der Waals surface area (Å²) in [6, 6.07) is -4.96. The van der Waals surface area contributed by atoms with Crippen LogP contribution in [0.15, 0.2) is 0 Å². The molecule has 12 nitrogen and oxygen atoms in total. The zero-order valence-corrected chi connectivity index (χ0v) is 17.5. The summed E-state index contributed by atoms with van der Waals surface area (Å²) in [5.74, 6) is -5.31. The largest absolute Gasteiger partial charge is 0.481 e. The van der Waals surface area contributed by atoms with Crippen molar-refractivity contribution in [2.24, 2.45) is 11.7 Å². The van der Waals surface area contributed by atoms with Crippen LogP contribution in [-0.2, 0) is 24.0 Å². The van der Waals surface area contributed by atoms with Gasteiger partial charge in [-0.3, -0.25) is 19.2 Å². The fourth-order valence-corrected chi connectivity index (χ4v) is 2.36. The average molecular weight is 432 g/mol. The third-order valence-electron chi connectivity index (χ3n) is 4.63. The Balaban J connectivity index is 5.25. The van der Waals surface area contributed by atoms with Crippen LogP contribution in [0.4, 0.5) is 0 Å². The number of carbonyl (C=O) groups is 5. The van der Waals surface area contributed by atoms with Crippen LogP contribution in [0.3, 0.4) is 0 Å². The molecule has 0 rings (SSSR count). The standard InChI is InChI=1S/C18H32N4O8/c1-5-8(2)14(18(29)30)22-16(27)11(6-7-12(24)25)21-15(26)9(3)20-17(28)13(19)10(4)23/h8-11,13-14,23H,5-7,19H2,1-4H3,(H,20,28)(H,21,26)(H,22,27)(H,24,25)(H,29,30). The van der Waals surface area contributed by atoms with Gasteiger partial charge >= 0.3 is 11.9 Å². The molecule has 0 saturated carbocycles. The van der Waals surface area contributed by atoms with Gasteiger partial charge in [-0.2, -0.15) is 0 Å². The van der Waals surface area contributed by atoms with Crippen LogP contribution in [0.5, 0.6) is 0 Å². The first-order valence-electron chi connectivity index (χ1n) is 9.61. The van der Waals surface area contributed by atoms with Crippen LogP contribution >= 0.6 is 0 Å². The second kappa shape index (κ2) is 12.8. The Morgan fingerprint density at radius 1 is 0.900 bits per heavy atom. The van der Waals surface area contributed by atoms with Gasteiger partial charge in [-0.05, 0) is 26.2 Å². The molecule has 0 fully saturated rings. The molecule has 0 aliphatic carbocycles. The van der Waals surface area contributed by atoms with Crippen molar-refractivity contribution in [3.63, 3.8) is 0 Å². The normalized spacial score (nSPS) is 16.9. The molecule has 6 unspecified atom stereocenters. The van der Waals surface area contributed by atoms with E-state index >= 15 is 0 Å². The van der Waals surface area contributed by atoms with E-state index in [0.717, 1.165) is 0 Å². The van der Waals surface area contributed by atoms with Gasteiger partial charge in [-0.25, -0.2) is 4.79 Å². The van der Waals surface area contributed by atoms with E-state index in [1.165, 1.54) is 13.8 Å². The quantitative estimate of drug-likeness (QED) is 0.174. The van der Waals surface area contributed by atoms with Crippen molar-refractivity contribution >= 4 is 29.7 Å². The molecule has 172 valence electrons. The van der Waals surface area contributed by atoms with Crippen molar-refractivity contribution < 1.29 is 39.3 Å². The van der Waals surface area contributed by atoms with E-state index in [1.54, 1.807) is 13.8 Å². The summed E-state index contributed by atoms with van der Waals surface area (Å²) in [7, 11) is 0. The number of hydrogen-bond acceptors (Lipinski definition) is 7. The molecule has 0 spiro atoms. The lowest BCUT2D eigenvalue weighted by atomic mass is 9.98. The lowest BCUT2D eigenvalue weighted by Crippen LogP contribution is -2.57. The number of rotatable bonds is 13. The molecule has 30 heavy (non-hydrogen) atoms. The molecule has 0 aliphatic rings. The van der Waals surface area contributed by atoms with E-state index in [9.17, 15) is 34.2 Å². The number of carboxylic acids is 2. The van der Waals surface area contributed by atoms with Gasteiger partial charge in [0.15, 0.2) is 0 Å². The fourth-order valence-electron chi connectivity index (χ4n) is 2.36. The van der Waals surface area contributed by atoms with E-state index in [2.05, 4.69) is 16.0 Å². The maximum absolute atomic E-state index is 12.5. The second-order valence-electron chi connectivity index (χ2n) is 7.20. The molecular formula is C18H32N4O8. The van der Waals surface area contributed by atoms with Gasteiger partial charge in [-0.15, -0.1) is 0 Å². The number of carbonyl (C=O) groups excluding carboxylic acids is 3. The Kier molecular flexibility index (Phi) is 11.6. The highest BCUT2D eigenvalue weighted by atomic mass is 16.4. The van der Waals surface area contributed by atoms with Gasteiger partial charge in [-0.1, -0.05) is 20.3 Å². The zero-order valence-electron chi connectivity index (χ0n) is 17.5. The number of carboxylic acid groups (broad SMARTS) is 2. The maximum Gasteiger partial charge on any atom is 0.326 e. The van der Waals surface area contributed by atoms with Crippen molar-refractivity contribution in [1.29, 1.82) is 0 Å². The summed E-state index contributed by atoms with van der Waals surface area (Å²) < 4.78 is 0. The Hall–Kier alpha value is -2.73. The number of nitrogens with one attached hydrogen (secondary N) is 3. The lowest BCUT2D eigenvalue weighted by Gasteiger charge is -2.25. The molecule has 0 aromatic rings. The topological polar surface area (TPSA) is 208 Å². The summed E-state index contributed by atoms with van der Waals surface area (Å²) in [5.41, 5.74) is 5.48. The van der Waals surface area contributed by atoms with Gasteiger partial charge in [0.05, 0.1) is 6.10 Å². The van der Waals surface area contributed by atoms with Gasteiger partial charge in [0.1, 0.15) is 24.2 Å². The molecule has 0 aromatic heterocycles. The predicted octanol–water partition coefficient (Wildman–Crippen LogP) is -1.84. The minimum Gasteiger partial charge on any atom is -0.481 e. The number of aliphatic carboxylic acids is 2. The molecule has 0 bridgehead atoms. The van der Waals surface area contributed by atoms with E-state index < -0.39 is 72.3 Å². The third-order valence-corrected chi connectivity index (χ3v) is 4.63. The zero-order chi connectivity index (χ0) is 23.6. The predicted molar refractivity (Wildman–Crippen MR) is 105 cm³/mol. The fraction of sp³-hybridized carbons (Fsp3) is 0.722. The summed E-state index contributed by atoms with van der Waals surface area (Å²) in [5, 5.41) is 34.5. The van der Waals surface area contributed by atoms with E-state index in [-0.39, 0.29) is 6.42 Å². The van der Waals surface area contributed by atoms with E-state index in [4.69, 9.17) is 10.8 Å². The Morgan fingerprint density at radius 3 is 1.90 bits per heavy atom. The van der Waals surface area contributed by atoms with Crippen molar-refractivity contribution in [1.82, 2.24) is 16.0 Å². The van der Waals surface area contributed by atoms with Crippen molar-refractivity contribution in [3.05, 3.63) is 0 Å². The summed E-state index contributed by atoms with van der Waals surface area (Å²) >= 11 is 0. The van der Waals surface area contributed by atoms with Crippen molar-refractivity contribution in [2.45, 2.75) is 77.2 Å². The molecule has 12 heteroatoms. The van der Waals surface area contributed by atoms with E-state index in [1.807, 2.05) is 0 Å². The third kappa shape index (κ3) is 9.18. The first-order valence-corrected chi connectivity index (χ1v) is 9.61. The van der Waals surface area contributed by atoms with Gasteiger partial charge in [0.2, 0.25) is 17.7 Å². The Bertz CT molecular complexity index is 640. The van der Waals surface area contributed by atoms with Crippen molar-refractivity contribution in [3.8, 4) is 0 Å². The molecule has 8 N–H and O–H groups in total. The Morgan fingerprint density at radius 2 is 1.47 bits per heavy atom. The van der Waals surface area contributed by atoms with Crippen molar-refractivity contribution in [2.75, 3.05) is 0 Å². The highest BCUT2D eigenvalue weighted by Gasteiger charge is 2.31. The SMILES string of the molecule is CCC(C)C(NC(=O)C(CCC(=O)O)NC(=O)C(C)NC(=O)C(N)C(C)O)C(=O)O. The molecule has 0 radical (unpaired) electrons. The van der Waals surface area contributed by atoms with Crippen LogP contribution in [0.25, 0.3) is 0 Å². The number of nitrogens with two attached hydrogens (primary N) is 1. The van der Waals surface area contributed by atoms with Gasteiger partial charge in [0.25, 0.3) is 0 Å². The summed E-state index contributed by atoms with van der Waals surface area (Å²) in [6.07, 6.45) is -1.42. The van der Waals surface area contributed by atoms with Crippen LogP contribution < -0.4 is 21.7 Å². The molecule has 0 aliphatic heterocycles. The maximum atomic E-state index is 12.5. The minimum atomic E-state index is -1.33. The molecule has 0 saturated heterocycles. The molecule has 6 atom stereocenters. The number of hydrogen-bond donors (Lipinski definition) is 7. The van der Waals surface area contributed by atoms with Crippen LogP contribution in [-0.4, -0.2) is 75.3 Å². The molecule has 0 heterocycles. The van der Waals surface area contributed by atoms with Crippen LogP contribution in [0.1, 0.15) is 47.0 Å². The number of amides is 3. The summed E-state index contributed by atoms with van der Waals surface area (Å²) in [6.45, 7) is 6.00. The Labute approximate surface area is 174 Å². The smallest absolute Gasteiger partial charge is 0.326 e. The highest BCUT2D eigenvalue weighted by molar-refractivity contribution is 5.94. The second-order valence-corrected chi connectivity index (χ2v) is 7.20. The number of aliphatic hydroxyl groups is 1.